The molecule has 1 unspecified atom stereocenters. The second-order valence-electron chi connectivity index (χ2n) is 3.39. The molecule has 0 saturated heterocycles. The molecule has 0 N–H and O–H groups in total. The van der Waals surface area contributed by atoms with Crippen molar-refractivity contribution in [3.05, 3.63) is 35.4 Å². The second-order valence-corrected chi connectivity index (χ2v) is 3.39. The topological polar surface area (TPSA) is 26.3 Å². The van der Waals surface area contributed by atoms with Crippen LogP contribution < -0.4 is 0 Å². The monoisotopic (exact) mass is 210 g/mol. The van der Waals surface area contributed by atoms with Crippen molar-refractivity contribution in [3.8, 4) is 0 Å². The van der Waals surface area contributed by atoms with E-state index in [1.165, 1.54) is 0 Å². The summed E-state index contributed by atoms with van der Waals surface area (Å²) in [7, 11) is 0. The molecule has 2 nitrogen and oxygen atoms in total. The maximum Gasteiger partial charge on any atom is 0.309 e. The highest BCUT2D eigenvalue weighted by atomic mass is 19.1. The molecule has 0 aliphatic carbocycles. The van der Waals surface area contributed by atoms with Crippen LogP contribution in [0.3, 0.4) is 0 Å². The highest BCUT2D eigenvalue weighted by molar-refractivity contribution is 5.70. The zero-order valence-electron chi connectivity index (χ0n) is 9.00. The van der Waals surface area contributed by atoms with E-state index in [-0.39, 0.29) is 6.42 Å². The first kappa shape index (κ1) is 11.7. The van der Waals surface area contributed by atoms with Crippen molar-refractivity contribution in [2.75, 3.05) is 6.61 Å². The molecule has 1 atom stereocenters. The van der Waals surface area contributed by atoms with E-state index in [2.05, 4.69) is 4.74 Å². The third kappa shape index (κ3) is 3.70. The van der Waals surface area contributed by atoms with Crippen LogP contribution in [0.4, 0.5) is 4.39 Å². The molecular formula is C12H15FO2. The van der Waals surface area contributed by atoms with Crippen molar-refractivity contribution in [2.24, 2.45) is 0 Å². The fourth-order valence-corrected chi connectivity index (χ4v) is 1.35. The van der Waals surface area contributed by atoms with Crippen LogP contribution in [-0.2, 0) is 9.53 Å². The molecule has 0 saturated carbocycles. The number of ether oxygens (including phenoxy) is 1. The number of hydrogen-bond donors (Lipinski definition) is 0. The van der Waals surface area contributed by atoms with E-state index in [9.17, 15) is 9.18 Å². The van der Waals surface area contributed by atoms with E-state index in [0.717, 1.165) is 5.56 Å². The molecule has 0 aliphatic heterocycles. The smallest absolute Gasteiger partial charge is 0.309 e. The normalized spacial score (nSPS) is 12.2. The van der Waals surface area contributed by atoms with Crippen LogP contribution in [0, 0.1) is 6.92 Å². The predicted octanol–water partition coefficient (Wildman–Crippen LogP) is 2.96. The average Bonchev–Trinajstić information content (AvgIpc) is 2.18. The number of carbonyl (C=O) groups excluding carboxylic acids is 1. The van der Waals surface area contributed by atoms with Crippen molar-refractivity contribution in [1.82, 2.24) is 0 Å². The Kier molecular flexibility index (Phi) is 4.28. The molecule has 82 valence electrons. The van der Waals surface area contributed by atoms with Crippen molar-refractivity contribution in [3.63, 3.8) is 0 Å². The number of carbonyl (C=O) groups is 1. The van der Waals surface area contributed by atoms with Gasteiger partial charge < -0.3 is 4.74 Å². The zero-order valence-corrected chi connectivity index (χ0v) is 9.00. The van der Waals surface area contributed by atoms with E-state index in [0.29, 0.717) is 12.2 Å². The van der Waals surface area contributed by atoms with Gasteiger partial charge in [-0.25, -0.2) is 4.39 Å². The number of hydrogen-bond acceptors (Lipinski definition) is 2. The highest BCUT2D eigenvalue weighted by Gasteiger charge is 2.15. The number of esters is 1. The Morgan fingerprint density at radius 1 is 1.53 bits per heavy atom. The SMILES string of the molecule is CCOC(=O)CC(F)c1cccc(C)c1. The van der Waals surface area contributed by atoms with E-state index >= 15 is 0 Å². The molecule has 1 aromatic rings. The first-order chi connectivity index (χ1) is 7.13. The van der Waals surface area contributed by atoms with Crippen LogP contribution in [-0.4, -0.2) is 12.6 Å². The number of aryl methyl sites for hydroxylation is 1. The summed E-state index contributed by atoms with van der Waals surface area (Å²) in [6.45, 7) is 3.89. The fourth-order valence-electron chi connectivity index (χ4n) is 1.35. The molecule has 0 bridgehead atoms. The zero-order chi connectivity index (χ0) is 11.3. The van der Waals surface area contributed by atoms with Crippen molar-refractivity contribution >= 4 is 5.97 Å². The van der Waals surface area contributed by atoms with Gasteiger partial charge in [-0.3, -0.25) is 4.79 Å². The van der Waals surface area contributed by atoms with Gasteiger partial charge in [0.05, 0.1) is 13.0 Å². The average molecular weight is 210 g/mol. The lowest BCUT2D eigenvalue weighted by atomic mass is 10.1. The van der Waals surface area contributed by atoms with Crippen LogP contribution in [0.25, 0.3) is 0 Å². The lowest BCUT2D eigenvalue weighted by Gasteiger charge is -2.08. The van der Waals surface area contributed by atoms with Crippen LogP contribution in [0.1, 0.15) is 30.6 Å². The lowest BCUT2D eigenvalue weighted by molar-refractivity contribution is -0.144. The minimum absolute atomic E-state index is 0.211. The number of halogens is 1. The van der Waals surface area contributed by atoms with Gasteiger partial charge in [-0.2, -0.15) is 0 Å². The quantitative estimate of drug-likeness (QED) is 0.714. The molecule has 15 heavy (non-hydrogen) atoms. The van der Waals surface area contributed by atoms with Gasteiger partial charge in [-0.15, -0.1) is 0 Å². The molecule has 0 spiro atoms. The van der Waals surface area contributed by atoms with E-state index in [1.54, 1.807) is 25.1 Å². The number of alkyl halides is 1. The maximum absolute atomic E-state index is 13.6. The summed E-state index contributed by atoms with van der Waals surface area (Å²) >= 11 is 0. The van der Waals surface area contributed by atoms with E-state index in [1.807, 2.05) is 13.0 Å². The Bertz CT molecular complexity index is 336. The fraction of sp³-hybridized carbons (Fsp3) is 0.417. The van der Waals surface area contributed by atoms with Gasteiger partial charge in [0.25, 0.3) is 0 Å². The molecule has 0 amide bonds. The van der Waals surface area contributed by atoms with Gasteiger partial charge in [0.15, 0.2) is 0 Å². The summed E-state index contributed by atoms with van der Waals surface area (Å²) in [5.74, 6) is -0.494. The lowest BCUT2D eigenvalue weighted by Crippen LogP contribution is -2.07. The summed E-state index contributed by atoms with van der Waals surface area (Å²) in [6.07, 6.45) is -1.49. The largest absolute Gasteiger partial charge is 0.466 e. The Hall–Kier alpha value is -1.38. The molecule has 0 aliphatic rings. The predicted molar refractivity (Wildman–Crippen MR) is 56.3 cm³/mol. The molecular weight excluding hydrogens is 195 g/mol. The summed E-state index contributed by atoms with van der Waals surface area (Å²) in [5.41, 5.74) is 1.52. The molecule has 0 aromatic heterocycles. The molecule has 1 aromatic carbocycles. The number of benzene rings is 1. The Morgan fingerprint density at radius 3 is 2.87 bits per heavy atom. The number of rotatable bonds is 4. The summed E-state index contributed by atoms with van der Waals surface area (Å²) in [6, 6.07) is 7.09. The van der Waals surface area contributed by atoms with Gasteiger partial charge >= 0.3 is 5.97 Å². The molecule has 0 fully saturated rings. The van der Waals surface area contributed by atoms with Crippen molar-refractivity contribution in [1.29, 1.82) is 0 Å². The van der Waals surface area contributed by atoms with E-state index < -0.39 is 12.1 Å². The minimum Gasteiger partial charge on any atom is -0.466 e. The molecule has 3 heteroatoms. The van der Waals surface area contributed by atoms with Gasteiger partial charge in [0.2, 0.25) is 0 Å². The van der Waals surface area contributed by atoms with Crippen molar-refractivity contribution < 1.29 is 13.9 Å². The molecule has 0 heterocycles. The van der Waals surface area contributed by atoms with Gasteiger partial charge in [-0.1, -0.05) is 29.8 Å². The summed E-state index contributed by atoms with van der Waals surface area (Å²) in [4.78, 5) is 11.0. The van der Waals surface area contributed by atoms with E-state index in [4.69, 9.17) is 0 Å². The van der Waals surface area contributed by atoms with Crippen LogP contribution >= 0.6 is 0 Å². The van der Waals surface area contributed by atoms with Crippen molar-refractivity contribution in [2.45, 2.75) is 26.4 Å². The Labute approximate surface area is 89.1 Å². The summed E-state index contributed by atoms with van der Waals surface area (Å²) in [5, 5.41) is 0. The van der Waals surface area contributed by atoms with Crippen LogP contribution in [0.5, 0.6) is 0 Å². The van der Waals surface area contributed by atoms with Gasteiger partial charge in [0, 0.05) is 0 Å². The van der Waals surface area contributed by atoms with Gasteiger partial charge in [0.1, 0.15) is 6.17 Å². The third-order valence-corrected chi connectivity index (χ3v) is 2.06. The minimum atomic E-state index is -1.27. The van der Waals surface area contributed by atoms with Crippen LogP contribution in [0.2, 0.25) is 0 Å². The Balaban J connectivity index is 2.60. The summed E-state index contributed by atoms with van der Waals surface area (Å²) < 4.78 is 18.3. The molecule has 0 radical (unpaired) electrons. The van der Waals surface area contributed by atoms with Crippen LogP contribution in [0.15, 0.2) is 24.3 Å². The molecule has 1 rings (SSSR count). The third-order valence-electron chi connectivity index (χ3n) is 2.06. The first-order valence-corrected chi connectivity index (χ1v) is 4.99. The Morgan fingerprint density at radius 2 is 2.27 bits per heavy atom. The standard InChI is InChI=1S/C12H15FO2/c1-3-15-12(14)8-11(13)10-6-4-5-9(2)7-10/h4-7,11H,3,8H2,1-2H3. The second kappa shape index (κ2) is 5.49. The first-order valence-electron chi connectivity index (χ1n) is 4.99. The maximum atomic E-state index is 13.6. The van der Waals surface area contributed by atoms with Gasteiger partial charge in [-0.05, 0) is 19.4 Å². The highest BCUT2D eigenvalue weighted by Crippen LogP contribution is 2.22.